The molecule has 1 N–H and O–H groups in total. The number of nitrogens with one attached hydrogen (secondary N) is 1. The highest BCUT2D eigenvalue weighted by Gasteiger charge is 2.14. The fourth-order valence-electron chi connectivity index (χ4n) is 1.17. The summed E-state index contributed by atoms with van der Waals surface area (Å²) in [6.07, 6.45) is 1.52. The van der Waals surface area contributed by atoms with Gasteiger partial charge in [-0.15, -0.1) is 0 Å². The fraction of sp³-hybridized carbons (Fsp3) is 0.500. The molecule has 0 radical (unpaired) electrons. The van der Waals surface area contributed by atoms with E-state index in [0.717, 1.165) is 5.56 Å². The van der Waals surface area contributed by atoms with E-state index >= 15 is 0 Å². The highest BCUT2D eigenvalue weighted by Crippen LogP contribution is 2.23. The van der Waals surface area contributed by atoms with Crippen molar-refractivity contribution in [2.75, 3.05) is 23.7 Å². The van der Waals surface area contributed by atoms with Gasteiger partial charge in [0.15, 0.2) is 5.15 Å². The molecule has 0 spiro atoms. The predicted octanol–water partition coefficient (Wildman–Crippen LogP) is 1.82. The molecule has 5 nitrogen and oxygen atoms in total. The average molecular weight is 279 g/mol. The molecule has 1 aromatic heterocycles. The van der Waals surface area contributed by atoms with Crippen molar-refractivity contribution in [1.29, 1.82) is 0 Å². The molecule has 96 valence electrons. The van der Waals surface area contributed by atoms with E-state index in [4.69, 9.17) is 16.3 Å². The Morgan fingerprint density at radius 3 is 2.82 bits per heavy atom. The maximum absolute atomic E-state index is 11.7. The summed E-state index contributed by atoms with van der Waals surface area (Å²) in [5, 5.41) is 0.144. The summed E-state index contributed by atoms with van der Waals surface area (Å²) < 4.78 is 30.8. The number of nitrogens with zero attached hydrogens (tertiary/aromatic N) is 1. The first-order chi connectivity index (χ1) is 7.96. The average Bonchev–Trinajstić information content (AvgIpc) is 2.24. The van der Waals surface area contributed by atoms with Crippen LogP contribution in [0.2, 0.25) is 5.15 Å². The third-order valence-electron chi connectivity index (χ3n) is 2.07. The number of sulfonamides is 1. The van der Waals surface area contributed by atoms with Crippen molar-refractivity contribution in [3.05, 3.63) is 23.0 Å². The summed E-state index contributed by atoms with van der Waals surface area (Å²) in [7, 11) is -3.45. The number of ether oxygens (including phenoxy) is 1. The molecule has 0 amide bonds. The van der Waals surface area contributed by atoms with E-state index in [2.05, 4.69) is 9.71 Å². The van der Waals surface area contributed by atoms with Crippen LogP contribution in [-0.2, 0) is 14.8 Å². The first-order valence-corrected chi connectivity index (χ1v) is 7.18. The SMILES string of the molecule is CCOCCS(=O)(=O)Nc1c(C)ccnc1Cl. The highest BCUT2D eigenvalue weighted by molar-refractivity contribution is 7.92. The third-order valence-corrected chi connectivity index (χ3v) is 3.58. The largest absolute Gasteiger partial charge is 0.381 e. The minimum absolute atomic E-state index is 0.106. The van der Waals surface area contributed by atoms with Crippen LogP contribution in [0.15, 0.2) is 12.3 Å². The molecule has 1 heterocycles. The number of hydrogen-bond donors (Lipinski definition) is 1. The standard InChI is InChI=1S/C10H15ClN2O3S/c1-3-16-6-7-17(14,15)13-9-8(2)4-5-12-10(9)11/h4-5,13H,3,6-7H2,1-2H3. The second kappa shape index (κ2) is 6.18. The van der Waals surface area contributed by atoms with E-state index in [0.29, 0.717) is 12.3 Å². The van der Waals surface area contributed by atoms with Crippen molar-refractivity contribution < 1.29 is 13.2 Å². The molecule has 0 aliphatic heterocycles. The lowest BCUT2D eigenvalue weighted by Crippen LogP contribution is -2.21. The van der Waals surface area contributed by atoms with E-state index in [1.807, 2.05) is 6.92 Å². The van der Waals surface area contributed by atoms with Crippen LogP contribution in [0.4, 0.5) is 5.69 Å². The molecule has 17 heavy (non-hydrogen) atoms. The van der Waals surface area contributed by atoms with Crippen molar-refractivity contribution in [1.82, 2.24) is 4.98 Å². The van der Waals surface area contributed by atoms with Gasteiger partial charge in [0.2, 0.25) is 10.0 Å². The second-order valence-electron chi connectivity index (χ2n) is 3.41. The molecule has 0 saturated heterocycles. The van der Waals surface area contributed by atoms with Crippen molar-refractivity contribution in [3.8, 4) is 0 Å². The first-order valence-electron chi connectivity index (χ1n) is 5.15. The van der Waals surface area contributed by atoms with Gasteiger partial charge < -0.3 is 4.74 Å². The van der Waals surface area contributed by atoms with E-state index in [1.165, 1.54) is 6.20 Å². The molecule has 7 heteroatoms. The van der Waals surface area contributed by atoms with Crippen molar-refractivity contribution in [2.24, 2.45) is 0 Å². The lowest BCUT2D eigenvalue weighted by atomic mass is 10.3. The van der Waals surface area contributed by atoms with Crippen molar-refractivity contribution in [2.45, 2.75) is 13.8 Å². The maximum atomic E-state index is 11.7. The molecule has 0 aliphatic carbocycles. The summed E-state index contributed by atoms with van der Waals surface area (Å²) in [6.45, 7) is 4.21. The van der Waals surface area contributed by atoms with Crippen LogP contribution in [0.25, 0.3) is 0 Å². The van der Waals surface area contributed by atoms with Gasteiger partial charge in [-0.05, 0) is 25.5 Å². The zero-order valence-corrected chi connectivity index (χ0v) is 11.3. The van der Waals surface area contributed by atoms with Gasteiger partial charge in [-0.3, -0.25) is 4.72 Å². The topological polar surface area (TPSA) is 68.3 Å². The van der Waals surface area contributed by atoms with E-state index < -0.39 is 10.0 Å². The Morgan fingerprint density at radius 2 is 2.24 bits per heavy atom. The molecule has 1 rings (SSSR count). The summed E-state index contributed by atoms with van der Waals surface area (Å²) in [5.41, 5.74) is 1.05. The lowest BCUT2D eigenvalue weighted by Gasteiger charge is -2.11. The fourth-order valence-corrected chi connectivity index (χ4v) is 2.48. The van der Waals surface area contributed by atoms with Crippen LogP contribution in [0.5, 0.6) is 0 Å². The number of anilines is 1. The monoisotopic (exact) mass is 278 g/mol. The van der Waals surface area contributed by atoms with Crippen molar-refractivity contribution >= 4 is 27.3 Å². The Morgan fingerprint density at radius 1 is 1.53 bits per heavy atom. The summed E-state index contributed by atoms with van der Waals surface area (Å²) in [5.74, 6) is -0.106. The van der Waals surface area contributed by atoms with Crippen LogP contribution in [0.3, 0.4) is 0 Å². The molecule has 0 aromatic carbocycles. The molecule has 0 unspecified atom stereocenters. The van der Waals surface area contributed by atoms with E-state index in [-0.39, 0.29) is 17.5 Å². The molecular weight excluding hydrogens is 264 g/mol. The Hall–Kier alpha value is -0.850. The Labute approximate surface area is 106 Å². The molecule has 0 aliphatic rings. The number of aromatic nitrogens is 1. The number of aryl methyl sites for hydroxylation is 1. The van der Waals surface area contributed by atoms with Gasteiger partial charge in [-0.25, -0.2) is 13.4 Å². The Kier molecular flexibility index (Phi) is 5.17. The number of halogens is 1. The lowest BCUT2D eigenvalue weighted by molar-refractivity contribution is 0.163. The highest BCUT2D eigenvalue weighted by atomic mass is 35.5. The van der Waals surface area contributed by atoms with Crippen LogP contribution in [-0.4, -0.2) is 32.4 Å². The van der Waals surface area contributed by atoms with Gasteiger partial charge in [0.1, 0.15) is 0 Å². The van der Waals surface area contributed by atoms with Gasteiger partial charge in [0.25, 0.3) is 0 Å². The van der Waals surface area contributed by atoms with E-state index in [9.17, 15) is 8.42 Å². The maximum Gasteiger partial charge on any atom is 0.235 e. The molecule has 0 saturated carbocycles. The van der Waals surface area contributed by atoms with Crippen LogP contribution < -0.4 is 4.72 Å². The predicted molar refractivity (Wildman–Crippen MR) is 67.9 cm³/mol. The Bertz CT molecular complexity index is 456. The summed E-state index contributed by atoms with van der Waals surface area (Å²) in [4.78, 5) is 3.83. The van der Waals surface area contributed by atoms with Crippen molar-refractivity contribution in [3.63, 3.8) is 0 Å². The van der Waals surface area contributed by atoms with Gasteiger partial charge >= 0.3 is 0 Å². The van der Waals surface area contributed by atoms with E-state index in [1.54, 1.807) is 13.0 Å². The van der Waals surface area contributed by atoms with Gasteiger partial charge in [0, 0.05) is 12.8 Å². The molecule has 0 atom stereocenters. The summed E-state index contributed by atoms with van der Waals surface area (Å²) >= 11 is 5.83. The Balaban J connectivity index is 2.76. The quantitative estimate of drug-likeness (QED) is 0.637. The van der Waals surface area contributed by atoms with Gasteiger partial charge in [0.05, 0.1) is 18.0 Å². The zero-order chi connectivity index (χ0) is 12.9. The summed E-state index contributed by atoms with van der Waals surface area (Å²) in [6, 6.07) is 1.69. The molecule has 1 aromatic rings. The number of rotatable bonds is 6. The first kappa shape index (κ1) is 14.2. The normalized spacial score (nSPS) is 11.5. The van der Waals surface area contributed by atoms with Crippen LogP contribution in [0, 0.1) is 6.92 Å². The molecule has 0 fully saturated rings. The van der Waals surface area contributed by atoms with Gasteiger partial charge in [-0.1, -0.05) is 11.6 Å². The molecular formula is C10H15ClN2O3S. The molecule has 0 bridgehead atoms. The minimum atomic E-state index is -3.45. The number of pyridine rings is 1. The van der Waals surface area contributed by atoms with Crippen LogP contribution >= 0.6 is 11.6 Å². The third kappa shape index (κ3) is 4.49. The zero-order valence-electron chi connectivity index (χ0n) is 9.73. The van der Waals surface area contributed by atoms with Crippen LogP contribution in [0.1, 0.15) is 12.5 Å². The number of hydrogen-bond acceptors (Lipinski definition) is 4. The smallest absolute Gasteiger partial charge is 0.235 e. The minimum Gasteiger partial charge on any atom is -0.381 e. The van der Waals surface area contributed by atoms with Gasteiger partial charge in [-0.2, -0.15) is 0 Å². The second-order valence-corrected chi connectivity index (χ2v) is 5.61.